The van der Waals surface area contributed by atoms with Gasteiger partial charge >= 0.3 is 0 Å². The number of benzene rings is 1. The molecule has 0 radical (unpaired) electrons. The van der Waals surface area contributed by atoms with E-state index >= 15 is 0 Å². The molecule has 2 amide bonds. The summed E-state index contributed by atoms with van der Waals surface area (Å²) < 4.78 is 5.30. The fraction of sp³-hybridized carbons (Fsp3) is 0.364. The molecule has 0 aliphatic carbocycles. The van der Waals surface area contributed by atoms with Gasteiger partial charge in [-0.1, -0.05) is 0 Å². The quantitative estimate of drug-likeness (QED) is 0.785. The van der Waals surface area contributed by atoms with Gasteiger partial charge in [-0.05, 0) is 50.7 Å². The van der Waals surface area contributed by atoms with Crippen LogP contribution in [-0.2, 0) is 4.79 Å². The Morgan fingerprint density at radius 3 is 2.59 bits per heavy atom. The Hall–Kier alpha value is -3.06. The van der Waals surface area contributed by atoms with Crippen LogP contribution >= 0.6 is 0 Å². The van der Waals surface area contributed by atoms with Crippen molar-refractivity contribution in [2.45, 2.75) is 13.8 Å². The second-order valence-corrected chi connectivity index (χ2v) is 7.68. The van der Waals surface area contributed by atoms with Crippen molar-refractivity contribution in [2.24, 2.45) is 0 Å². The van der Waals surface area contributed by atoms with Crippen LogP contribution in [0.15, 0.2) is 18.2 Å². The number of hydrogen-bond donors (Lipinski definition) is 2. The van der Waals surface area contributed by atoms with Crippen LogP contribution in [0.4, 0.5) is 5.69 Å². The van der Waals surface area contributed by atoms with Crippen molar-refractivity contribution in [3.05, 3.63) is 46.3 Å². The Balaban J connectivity index is 1.69. The van der Waals surface area contributed by atoms with E-state index in [0.717, 1.165) is 54.4 Å². The van der Waals surface area contributed by atoms with Crippen molar-refractivity contribution in [3.63, 3.8) is 0 Å². The number of hydrogen-bond acceptors (Lipinski definition) is 4. The third-order valence-electron chi connectivity index (χ3n) is 5.78. The highest BCUT2D eigenvalue weighted by molar-refractivity contribution is 6.35. The van der Waals surface area contributed by atoms with E-state index in [0.29, 0.717) is 16.9 Å². The average molecular weight is 394 g/mol. The van der Waals surface area contributed by atoms with Crippen molar-refractivity contribution in [2.75, 3.05) is 45.7 Å². The molecular formula is C22H26N4O3. The van der Waals surface area contributed by atoms with Crippen LogP contribution in [0.1, 0.15) is 32.9 Å². The average Bonchev–Trinajstić information content (AvgIpc) is 3.17. The topological polar surface area (TPSA) is 77.7 Å². The number of methoxy groups -OCH3 is 1. The fourth-order valence-corrected chi connectivity index (χ4v) is 3.99. The molecule has 1 saturated heterocycles. The molecule has 0 atom stereocenters. The van der Waals surface area contributed by atoms with Crippen LogP contribution in [0.3, 0.4) is 0 Å². The molecule has 2 N–H and O–H groups in total. The standard InChI is InChI=1S/C22H26N4O3/c1-13-19(12-17-16-11-15(29-4)5-6-18(16)24-21(17)27)23-14(2)20(13)22(28)26-9-7-25(3)8-10-26/h5-6,11-12,23H,7-10H2,1-4H3,(H,24,27)/b17-12-. The number of carbonyl (C=O) groups excluding carboxylic acids is 2. The summed E-state index contributed by atoms with van der Waals surface area (Å²) in [6, 6.07) is 5.50. The minimum Gasteiger partial charge on any atom is -0.497 e. The van der Waals surface area contributed by atoms with Gasteiger partial charge in [0.05, 0.1) is 18.2 Å². The number of nitrogens with one attached hydrogen (secondary N) is 2. The minimum absolute atomic E-state index is 0.0481. The van der Waals surface area contributed by atoms with Crippen LogP contribution < -0.4 is 10.1 Å². The summed E-state index contributed by atoms with van der Waals surface area (Å²) in [7, 11) is 3.67. The molecule has 7 heteroatoms. The van der Waals surface area contributed by atoms with Crippen molar-refractivity contribution in [3.8, 4) is 5.75 Å². The Kier molecular flexibility index (Phi) is 4.92. The fourth-order valence-electron chi connectivity index (χ4n) is 3.99. The Morgan fingerprint density at radius 1 is 1.17 bits per heavy atom. The third kappa shape index (κ3) is 3.42. The molecule has 2 aromatic rings. The summed E-state index contributed by atoms with van der Waals surface area (Å²) in [4.78, 5) is 33.1. The van der Waals surface area contributed by atoms with Gasteiger partial charge in [-0.2, -0.15) is 0 Å². The number of fused-ring (bicyclic) bond motifs is 1. The maximum absolute atomic E-state index is 13.1. The monoisotopic (exact) mass is 394 g/mol. The number of amides is 2. The summed E-state index contributed by atoms with van der Waals surface area (Å²) in [5.74, 6) is 0.579. The molecule has 1 fully saturated rings. The molecule has 1 aromatic carbocycles. The zero-order valence-electron chi connectivity index (χ0n) is 17.3. The molecule has 7 nitrogen and oxygen atoms in total. The van der Waals surface area contributed by atoms with E-state index in [4.69, 9.17) is 4.74 Å². The van der Waals surface area contributed by atoms with Gasteiger partial charge in [0.15, 0.2) is 0 Å². The Labute approximate surface area is 170 Å². The smallest absolute Gasteiger partial charge is 0.256 e. The molecule has 152 valence electrons. The van der Waals surface area contributed by atoms with Crippen LogP contribution in [-0.4, -0.2) is 66.9 Å². The van der Waals surface area contributed by atoms with Crippen molar-refractivity contribution < 1.29 is 14.3 Å². The number of ether oxygens (including phenoxy) is 1. The molecule has 0 spiro atoms. The number of carbonyl (C=O) groups is 2. The van der Waals surface area contributed by atoms with Gasteiger partial charge in [0, 0.05) is 48.8 Å². The normalized spacial score (nSPS) is 18.1. The molecule has 3 heterocycles. The highest BCUT2D eigenvalue weighted by Crippen LogP contribution is 2.36. The van der Waals surface area contributed by atoms with Gasteiger partial charge in [-0.25, -0.2) is 0 Å². The number of aromatic amines is 1. The first-order valence-corrected chi connectivity index (χ1v) is 9.77. The van der Waals surface area contributed by atoms with Crippen LogP contribution in [0.25, 0.3) is 11.6 Å². The largest absolute Gasteiger partial charge is 0.497 e. The third-order valence-corrected chi connectivity index (χ3v) is 5.78. The number of rotatable bonds is 3. The highest BCUT2D eigenvalue weighted by Gasteiger charge is 2.28. The Bertz CT molecular complexity index is 1010. The minimum atomic E-state index is -0.160. The lowest BCUT2D eigenvalue weighted by atomic mass is 10.0. The summed E-state index contributed by atoms with van der Waals surface area (Å²) in [6.07, 6.45) is 1.82. The van der Waals surface area contributed by atoms with Crippen molar-refractivity contribution in [1.29, 1.82) is 0 Å². The first-order valence-electron chi connectivity index (χ1n) is 9.77. The maximum Gasteiger partial charge on any atom is 0.256 e. The lowest BCUT2D eigenvalue weighted by Gasteiger charge is -2.32. The predicted molar refractivity (Wildman–Crippen MR) is 113 cm³/mol. The van der Waals surface area contributed by atoms with Gasteiger partial charge in [0.1, 0.15) is 5.75 Å². The molecule has 0 unspecified atom stereocenters. The van der Waals surface area contributed by atoms with Crippen LogP contribution in [0.5, 0.6) is 5.75 Å². The summed E-state index contributed by atoms with van der Waals surface area (Å²) in [5.41, 5.74) is 5.28. The maximum atomic E-state index is 13.1. The second-order valence-electron chi connectivity index (χ2n) is 7.68. The zero-order valence-corrected chi connectivity index (χ0v) is 17.3. The molecule has 1 aromatic heterocycles. The summed E-state index contributed by atoms with van der Waals surface area (Å²) in [5, 5.41) is 2.88. The van der Waals surface area contributed by atoms with E-state index in [2.05, 4.69) is 22.2 Å². The molecule has 2 aliphatic heterocycles. The van der Waals surface area contributed by atoms with E-state index in [-0.39, 0.29) is 11.8 Å². The lowest BCUT2D eigenvalue weighted by molar-refractivity contribution is -0.110. The summed E-state index contributed by atoms with van der Waals surface area (Å²) in [6.45, 7) is 7.05. The Morgan fingerprint density at radius 2 is 1.90 bits per heavy atom. The number of aryl methyl sites for hydroxylation is 1. The van der Waals surface area contributed by atoms with E-state index < -0.39 is 0 Å². The second kappa shape index (κ2) is 7.40. The first-order chi connectivity index (χ1) is 13.9. The van der Waals surface area contributed by atoms with E-state index in [1.165, 1.54) is 0 Å². The number of nitrogens with zero attached hydrogens (tertiary/aromatic N) is 2. The number of anilines is 1. The van der Waals surface area contributed by atoms with Crippen molar-refractivity contribution >= 4 is 29.2 Å². The van der Waals surface area contributed by atoms with Gasteiger partial charge in [-0.3, -0.25) is 9.59 Å². The molecule has 2 aliphatic rings. The number of likely N-dealkylation sites (N-methyl/N-ethyl adjacent to an activating group) is 1. The van der Waals surface area contributed by atoms with Gasteiger partial charge in [-0.15, -0.1) is 0 Å². The van der Waals surface area contributed by atoms with Crippen LogP contribution in [0.2, 0.25) is 0 Å². The molecular weight excluding hydrogens is 368 g/mol. The van der Waals surface area contributed by atoms with Gasteiger partial charge < -0.3 is 24.8 Å². The van der Waals surface area contributed by atoms with E-state index in [1.807, 2.05) is 43.0 Å². The lowest BCUT2D eigenvalue weighted by Crippen LogP contribution is -2.47. The molecule has 0 saturated carbocycles. The van der Waals surface area contributed by atoms with E-state index in [9.17, 15) is 9.59 Å². The SMILES string of the molecule is COc1ccc2c(c1)/C(=C/c1[nH]c(C)c(C(=O)N3CCN(C)CC3)c1C)C(=O)N2. The zero-order chi connectivity index (χ0) is 20.7. The number of piperazine rings is 1. The predicted octanol–water partition coefficient (Wildman–Crippen LogP) is 2.52. The van der Waals surface area contributed by atoms with Crippen LogP contribution in [0, 0.1) is 13.8 Å². The van der Waals surface area contributed by atoms with E-state index in [1.54, 1.807) is 7.11 Å². The van der Waals surface area contributed by atoms with Crippen molar-refractivity contribution in [1.82, 2.24) is 14.8 Å². The first kappa shape index (κ1) is 19.3. The highest BCUT2D eigenvalue weighted by atomic mass is 16.5. The molecule has 0 bridgehead atoms. The number of aromatic nitrogens is 1. The van der Waals surface area contributed by atoms with Gasteiger partial charge in [0.2, 0.25) is 0 Å². The molecule has 4 rings (SSSR count). The number of H-pyrrole nitrogens is 1. The van der Waals surface area contributed by atoms with Gasteiger partial charge in [0.25, 0.3) is 11.8 Å². The molecule has 29 heavy (non-hydrogen) atoms. The summed E-state index contributed by atoms with van der Waals surface area (Å²) >= 11 is 0.